The molecule has 1 aromatic rings. The summed E-state index contributed by atoms with van der Waals surface area (Å²) in [6.07, 6.45) is 6.52. The van der Waals surface area contributed by atoms with Gasteiger partial charge in [0.25, 0.3) is 0 Å². The standard InChI is InChI=1S/C17H23BrN2O/c1-16(2)11-6-7-17(16,3)12(8-11)21-14-9-13(18)19-15(20-14)10-4-5-10/h9-12H,4-8H2,1-3H3. The molecule has 3 saturated carbocycles. The molecule has 114 valence electrons. The fraction of sp³-hybridized carbons (Fsp3) is 0.765. The van der Waals surface area contributed by atoms with Crippen LogP contribution in [0.1, 0.15) is 64.6 Å². The van der Waals surface area contributed by atoms with Gasteiger partial charge in [-0.15, -0.1) is 0 Å². The van der Waals surface area contributed by atoms with Crippen molar-refractivity contribution in [3.05, 3.63) is 16.5 Å². The van der Waals surface area contributed by atoms with Crippen molar-refractivity contribution in [3.63, 3.8) is 0 Å². The van der Waals surface area contributed by atoms with Crippen molar-refractivity contribution in [1.29, 1.82) is 0 Å². The molecule has 3 fully saturated rings. The minimum atomic E-state index is 0.273. The first-order valence-electron chi connectivity index (χ1n) is 8.11. The van der Waals surface area contributed by atoms with Gasteiger partial charge in [-0.1, -0.05) is 20.8 Å². The second kappa shape index (κ2) is 4.43. The molecule has 0 N–H and O–H groups in total. The van der Waals surface area contributed by atoms with Crippen molar-refractivity contribution >= 4 is 15.9 Å². The van der Waals surface area contributed by atoms with Crippen LogP contribution < -0.4 is 4.74 Å². The van der Waals surface area contributed by atoms with E-state index in [1.165, 1.54) is 32.1 Å². The van der Waals surface area contributed by atoms with E-state index in [4.69, 9.17) is 4.74 Å². The minimum Gasteiger partial charge on any atom is -0.474 e. The molecule has 3 unspecified atom stereocenters. The van der Waals surface area contributed by atoms with Gasteiger partial charge >= 0.3 is 0 Å². The monoisotopic (exact) mass is 350 g/mol. The number of aromatic nitrogens is 2. The first-order valence-corrected chi connectivity index (χ1v) is 8.90. The molecule has 3 nitrogen and oxygen atoms in total. The van der Waals surface area contributed by atoms with E-state index in [1.807, 2.05) is 6.07 Å². The van der Waals surface area contributed by atoms with Crippen molar-refractivity contribution < 1.29 is 4.74 Å². The van der Waals surface area contributed by atoms with Crippen molar-refractivity contribution in [3.8, 4) is 5.88 Å². The Bertz CT molecular complexity index is 584. The van der Waals surface area contributed by atoms with Crippen LogP contribution in [0.4, 0.5) is 0 Å². The van der Waals surface area contributed by atoms with E-state index in [1.54, 1.807) is 0 Å². The van der Waals surface area contributed by atoms with Crippen LogP contribution in [-0.4, -0.2) is 16.1 Å². The molecule has 0 amide bonds. The summed E-state index contributed by atoms with van der Waals surface area (Å²) in [5.41, 5.74) is 0.649. The van der Waals surface area contributed by atoms with Crippen LogP contribution >= 0.6 is 15.9 Å². The predicted molar refractivity (Wildman–Crippen MR) is 85.4 cm³/mol. The van der Waals surface area contributed by atoms with E-state index in [-0.39, 0.29) is 5.41 Å². The van der Waals surface area contributed by atoms with Crippen LogP contribution in [0.25, 0.3) is 0 Å². The van der Waals surface area contributed by atoms with Gasteiger partial charge in [-0.05, 0) is 59.4 Å². The second-order valence-corrected chi connectivity index (χ2v) is 8.69. The number of hydrogen-bond donors (Lipinski definition) is 0. The third-order valence-corrected chi connectivity index (χ3v) is 7.01. The van der Waals surface area contributed by atoms with Gasteiger partial charge in [0.2, 0.25) is 5.88 Å². The molecule has 2 bridgehead atoms. The van der Waals surface area contributed by atoms with Crippen molar-refractivity contribution in [2.45, 2.75) is 64.9 Å². The van der Waals surface area contributed by atoms with Gasteiger partial charge in [0, 0.05) is 17.4 Å². The highest BCUT2D eigenvalue weighted by molar-refractivity contribution is 9.10. The predicted octanol–water partition coefficient (Wildman–Crippen LogP) is 4.71. The molecule has 0 aliphatic heterocycles. The molecule has 21 heavy (non-hydrogen) atoms. The summed E-state index contributed by atoms with van der Waals surface area (Å²) < 4.78 is 7.22. The Hall–Kier alpha value is -0.640. The minimum absolute atomic E-state index is 0.273. The first kappa shape index (κ1) is 14.0. The summed E-state index contributed by atoms with van der Waals surface area (Å²) in [5, 5.41) is 0. The van der Waals surface area contributed by atoms with Gasteiger partial charge in [0.1, 0.15) is 16.5 Å². The van der Waals surface area contributed by atoms with Crippen LogP contribution in [0.2, 0.25) is 0 Å². The smallest absolute Gasteiger partial charge is 0.218 e. The molecule has 0 radical (unpaired) electrons. The molecule has 0 saturated heterocycles. The van der Waals surface area contributed by atoms with Crippen molar-refractivity contribution in [2.24, 2.45) is 16.7 Å². The summed E-state index contributed by atoms with van der Waals surface area (Å²) in [5.74, 6) is 3.05. The average molecular weight is 351 g/mol. The number of rotatable bonds is 3. The van der Waals surface area contributed by atoms with Crippen LogP contribution in [0, 0.1) is 16.7 Å². The van der Waals surface area contributed by atoms with E-state index >= 15 is 0 Å². The number of fused-ring (bicyclic) bond motifs is 2. The zero-order valence-electron chi connectivity index (χ0n) is 13.0. The van der Waals surface area contributed by atoms with Crippen LogP contribution in [-0.2, 0) is 0 Å². The Balaban J connectivity index is 1.60. The lowest BCUT2D eigenvalue weighted by Gasteiger charge is -2.38. The van der Waals surface area contributed by atoms with Crippen molar-refractivity contribution in [1.82, 2.24) is 9.97 Å². The summed E-state index contributed by atoms with van der Waals surface area (Å²) >= 11 is 3.50. The lowest BCUT2D eigenvalue weighted by Crippen LogP contribution is -2.39. The summed E-state index contributed by atoms with van der Waals surface area (Å²) in [4.78, 5) is 9.15. The lowest BCUT2D eigenvalue weighted by atomic mass is 9.70. The van der Waals surface area contributed by atoms with Crippen LogP contribution in [0.5, 0.6) is 5.88 Å². The molecular formula is C17H23BrN2O. The molecular weight excluding hydrogens is 328 g/mol. The maximum Gasteiger partial charge on any atom is 0.218 e. The molecule has 0 aromatic carbocycles. The Morgan fingerprint density at radius 1 is 1.19 bits per heavy atom. The maximum absolute atomic E-state index is 6.37. The van der Waals surface area contributed by atoms with E-state index in [9.17, 15) is 0 Å². The Morgan fingerprint density at radius 2 is 1.95 bits per heavy atom. The van der Waals surface area contributed by atoms with Gasteiger partial charge in [0.15, 0.2) is 0 Å². The highest BCUT2D eigenvalue weighted by atomic mass is 79.9. The molecule has 3 atom stereocenters. The Kier molecular flexibility index (Phi) is 2.95. The number of ether oxygens (including phenoxy) is 1. The van der Waals surface area contributed by atoms with Gasteiger partial charge in [-0.2, -0.15) is 4.98 Å². The molecule has 3 aliphatic carbocycles. The normalized spacial score (nSPS) is 37.0. The Labute approximate surface area is 135 Å². The fourth-order valence-corrected chi connectivity index (χ4v) is 4.83. The third kappa shape index (κ3) is 2.05. The summed E-state index contributed by atoms with van der Waals surface area (Å²) in [6, 6.07) is 1.92. The van der Waals surface area contributed by atoms with Gasteiger partial charge in [-0.3, -0.25) is 0 Å². The number of halogens is 1. The van der Waals surface area contributed by atoms with E-state index in [2.05, 4.69) is 46.7 Å². The average Bonchev–Trinajstić information content (AvgIpc) is 3.19. The molecule has 4 heteroatoms. The molecule has 1 heterocycles. The fourth-order valence-electron chi connectivity index (χ4n) is 4.45. The van der Waals surface area contributed by atoms with E-state index < -0.39 is 0 Å². The topological polar surface area (TPSA) is 35.0 Å². The summed E-state index contributed by atoms with van der Waals surface area (Å²) in [7, 11) is 0. The third-order valence-electron chi connectivity index (χ3n) is 6.61. The first-order chi connectivity index (χ1) is 9.90. The molecule has 1 aromatic heterocycles. The maximum atomic E-state index is 6.37. The number of hydrogen-bond acceptors (Lipinski definition) is 3. The van der Waals surface area contributed by atoms with Crippen molar-refractivity contribution in [2.75, 3.05) is 0 Å². The summed E-state index contributed by atoms with van der Waals surface area (Å²) in [6.45, 7) is 7.24. The Morgan fingerprint density at radius 3 is 2.52 bits per heavy atom. The second-order valence-electron chi connectivity index (χ2n) is 7.88. The zero-order valence-corrected chi connectivity index (χ0v) is 14.6. The van der Waals surface area contributed by atoms with Crippen LogP contribution in [0.15, 0.2) is 10.7 Å². The van der Waals surface area contributed by atoms with Gasteiger partial charge < -0.3 is 4.74 Å². The van der Waals surface area contributed by atoms with Gasteiger partial charge in [-0.25, -0.2) is 4.98 Å². The largest absolute Gasteiger partial charge is 0.474 e. The van der Waals surface area contributed by atoms with Gasteiger partial charge in [0.05, 0.1) is 0 Å². The molecule has 3 aliphatic rings. The number of nitrogens with zero attached hydrogens (tertiary/aromatic N) is 2. The van der Waals surface area contributed by atoms with E-state index in [0.717, 1.165) is 22.2 Å². The highest BCUT2D eigenvalue weighted by Crippen LogP contribution is 2.66. The van der Waals surface area contributed by atoms with Crippen LogP contribution in [0.3, 0.4) is 0 Å². The quantitative estimate of drug-likeness (QED) is 0.740. The highest BCUT2D eigenvalue weighted by Gasteiger charge is 2.62. The molecule has 4 rings (SSSR count). The zero-order chi connectivity index (χ0) is 14.8. The lowest BCUT2D eigenvalue weighted by molar-refractivity contribution is 0.0270. The van der Waals surface area contributed by atoms with E-state index in [0.29, 0.717) is 17.4 Å². The molecule has 0 spiro atoms. The SMILES string of the molecule is CC1(C)C2CCC1(C)C(Oc1cc(Br)nc(C3CC3)n1)C2.